The van der Waals surface area contributed by atoms with Crippen molar-refractivity contribution in [3.05, 3.63) is 11.9 Å². The predicted octanol–water partition coefficient (Wildman–Crippen LogP) is 11.5. The number of allylic oxidation sites excluding steroid dienone is 2. The third kappa shape index (κ3) is 402. The Morgan fingerprint density at radius 1 is 0.488 bits per heavy atom. The van der Waals surface area contributed by atoms with E-state index in [-0.39, 0.29) is 19.4 Å². The van der Waals surface area contributed by atoms with Gasteiger partial charge in [-0.1, -0.05) is 0 Å². The van der Waals surface area contributed by atoms with E-state index in [9.17, 15) is 101 Å². The lowest BCUT2D eigenvalue weighted by atomic mass is 10.5. The van der Waals surface area contributed by atoms with Gasteiger partial charge in [-0.15, -0.1) is 0 Å². The molecule has 0 spiro atoms. The number of alkyl halides is 22. The van der Waals surface area contributed by atoms with E-state index in [0.29, 0.717) is 14.4 Å². The van der Waals surface area contributed by atoms with Crippen LogP contribution in [0.3, 0.4) is 0 Å². The quantitative estimate of drug-likeness (QED) is 0.254. The summed E-state index contributed by atoms with van der Waals surface area (Å²) in [5.41, 5.74) is 0. The fraction of sp³-hybridized carbons (Fsp3) is 0.889. The highest BCUT2D eigenvalue weighted by Crippen LogP contribution is 2.25. The second-order valence-corrected chi connectivity index (χ2v) is 3.27. The van der Waals surface area contributed by atoms with Gasteiger partial charge in [-0.25, -0.2) is 57.1 Å². The smallest absolute Gasteiger partial charge is 0.255 e. The Bertz CT molecular complexity index is 292. The predicted molar refractivity (Wildman–Crippen MR) is 111 cm³/mol. The molecule has 0 unspecified atom stereocenters. The van der Waals surface area contributed by atoms with E-state index < -0.39 is 72.6 Å². The van der Waals surface area contributed by atoms with Crippen LogP contribution in [-0.4, -0.2) is 94.5 Å². The van der Waals surface area contributed by atoms with Gasteiger partial charge in [0.05, 0.1) is 27.7 Å². The van der Waals surface area contributed by atoms with Gasteiger partial charge in [-0.2, -0.15) is 26.3 Å². The molecule has 0 aliphatic heterocycles. The fourth-order valence-electron chi connectivity index (χ4n) is 0.183. The molecular formula is C18H33F23. The van der Waals surface area contributed by atoms with E-state index in [0.717, 1.165) is 0 Å². The molecule has 0 saturated carbocycles. The zero-order valence-corrected chi connectivity index (χ0v) is 21.8. The summed E-state index contributed by atoms with van der Waals surface area (Å²) >= 11 is 0. The van der Waals surface area contributed by atoms with Crippen LogP contribution < -0.4 is 0 Å². The van der Waals surface area contributed by atoms with Crippen LogP contribution in [0.4, 0.5) is 101 Å². The van der Waals surface area contributed by atoms with Crippen molar-refractivity contribution in [3.63, 3.8) is 0 Å². The average molecular weight is 686 g/mol. The molecule has 0 saturated heterocycles. The Labute approximate surface area is 222 Å². The molecular weight excluding hydrogens is 653 g/mol. The van der Waals surface area contributed by atoms with Crippen molar-refractivity contribution >= 4 is 0 Å². The minimum absolute atomic E-state index is 0.167. The first-order chi connectivity index (χ1) is 18.9. The van der Waals surface area contributed by atoms with Gasteiger partial charge in [0.1, 0.15) is 20.0 Å². The first-order valence-electron chi connectivity index (χ1n) is 9.04. The van der Waals surface area contributed by atoms with Crippen LogP contribution in [0.1, 0.15) is 13.8 Å². The van der Waals surface area contributed by atoms with Crippen molar-refractivity contribution in [1.82, 2.24) is 0 Å². The third-order valence-electron chi connectivity index (χ3n) is 0.750. The van der Waals surface area contributed by atoms with E-state index in [1.54, 1.807) is 0 Å². The Morgan fingerprint density at radius 3 is 0.659 bits per heavy atom. The summed E-state index contributed by atoms with van der Waals surface area (Å²) in [4.78, 5) is 0. The zero-order chi connectivity index (χ0) is 36.4. The van der Waals surface area contributed by atoms with Crippen molar-refractivity contribution < 1.29 is 101 Å². The second-order valence-electron chi connectivity index (χ2n) is 3.27. The SMILES string of the molecule is CCF.CCF.CF.CF.FC/C=C(\F)C(F)(F)F.FCC(F)(F)F.FCCF.FCF.FCF.FCF.FCF. The summed E-state index contributed by atoms with van der Waals surface area (Å²) in [6.45, 7) is -9.95. The minimum atomic E-state index is -5.04. The second kappa shape index (κ2) is 90.3. The summed E-state index contributed by atoms with van der Waals surface area (Å²) in [6.07, 6.45) is -9.83. The summed E-state index contributed by atoms with van der Waals surface area (Å²) in [6, 6.07) is 0. The summed E-state index contributed by atoms with van der Waals surface area (Å²) in [5.74, 6) is -2.38. The lowest BCUT2D eigenvalue weighted by Gasteiger charge is -1.99. The molecule has 0 aliphatic rings. The number of hydrogen-bond acceptors (Lipinski definition) is 0. The molecule has 0 atom stereocenters. The lowest BCUT2D eigenvalue weighted by molar-refractivity contribution is -0.142. The largest absolute Gasteiger partial charge is 0.442 e. The van der Waals surface area contributed by atoms with Crippen molar-refractivity contribution in [2.24, 2.45) is 0 Å². The number of hydrogen-bond donors (Lipinski definition) is 0. The highest BCUT2D eigenvalue weighted by molar-refractivity contribution is 4.98. The van der Waals surface area contributed by atoms with E-state index in [2.05, 4.69) is 0 Å². The normalized spacial score (nSPS) is 8.51. The van der Waals surface area contributed by atoms with E-state index in [4.69, 9.17) is 0 Å². The van der Waals surface area contributed by atoms with Gasteiger partial charge in [0.25, 0.3) is 0 Å². The van der Waals surface area contributed by atoms with Crippen molar-refractivity contribution in [1.29, 1.82) is 0 Å². The molecule has 0 heterocycles. The molecule has 0 bridgehead atoms. The molecule has 0 nitrogen and oxygen atoms in total. The molecule has 0 rings (SSSR count). The van der Waals surface area contributed by atoms with Gasteiger partial charge >= 0.3 is 12.4 Å². The van der Waals surface area contributed by atoms with Crippen LogP contribution in [0.15, 0.2) is 11.9 Å². The van der Waals surface area contributed by atoms with Gasteiger partial charge in [0.15, 0.2) is 6.67 Å². The van der Waals surface area contributed by atoms with Crippen LogP contribution >= 0.6 is 0 Å². The molecule has 0 aromatic heterocycles. The van der Waals surface area contributed by atoms with Crippen molar-refractivity contribution in [2.45, 2.75) is 26.2 Å². The maximum Gasteiger partial charge on any atom is 0.442 e. The highest BCUT2D eigenvalue weighted by Gasteiger charge is 2.33. The van der Waals surface area contributed by atoms with Gasteiger partial charge < -0.3 is 0 Å². The maximum atomic E-state index is 11.4. The van der Waals surface area contributed by atoms with E-state index in [1.807, 2.05) is 0 Å². The Balaban J connectivity index is -0.0000000280. The van der Waals surface area contributed by atoms with Crippen LogP contribution in [0, 0.1) is 0 Å². The van der Waals surface area contributed by atoms with Crippen molar-refractivity contribution in [2.75, 3.05) is 82.1 Å². The molecule has 0 aromatic rings. The summed E-state index contributed by atoms with van der Waals surface area (Å²) in [7, 11) is 1.00. The molecule has 0 N–H and O–H groups in total. The first kappa shape index (κ1) is 71.9. The molecule has 0 amide bonds. The van der Waals surface area contributed by atoms with Crippen molar-refractivity contribution in [3.8, 4) is 0 Å². The summed E-state index contributed by atoms with van der Waals surface area (Å²) < 4.78 is 234. The van der Waals surface area contributed by atoms with Crippen LogP contribution in [0.25, 0.3) is 0 Å². The molecule has 23 heteroatoms. The molecule has 0 fully saturated rings. The maximum absolute atomic E-state index is 11.4. The monoisotopic (exact) mass is 686 g/mol. The third-order valence-corrected chi connectivity index (χ3v) is 0.750. The van der Waals surface area contributed by atoms with Gasteiger partial charge in [-0.3, -0.25) is 17.6 Å². The lowest BCUT2D eigenvalue weighted by Crippen LogP contribution is -2.08. The minimum Gasteiger partial charge on any atom is -0.255 e. The van der Waals surface area contributed by atoms with Gasteiger partial charge in [0.2, 0.25) is 33.5 Å². The Hall–Kier alpha value is -1.87. The molecule has 0 radical (unpaired) electrons. The highest BCUT2D eigenvalue weighted by atomic mass is 19.4. The molecule has 0 aliphatic carbocycles. The summed E-state index contributed by atoms with van der Waals surface area (Å²) in [5, 5.41) is 0. The topological polar surface area (TPSA) is 0 Å². The van der Waals surface area contributed by atoms with E-state index >= 15 is 0 Å². The first-order valence-corrected chi connectivity index (χ1v) is 9.04. The Kier molecular flexibility index (Phi) is 158. The zero-order valence-electron chi connectivity index (χ0n) is 21.8. The van der Waals surface area contributed by atoms with Crippen LogP contribution in [-0.2, 0) is 0 Å². The number of halogens is 23. The molecule has 266 valence electrons. The Morgan fingerprint density at radius 2 is 0.634 bits per heavy atom. The number of rotatable bonds is 2. The van der Waals surface area contributed by atoms with E-state index in [1.165, 1.54) is 13.8 Å². The molecule has 41 heavy (non-hydrogen) atoms. The fourth-order valence-corrected chi connectivity index (χ4v) is 0.183. The van der Waals surface area contributed by atoms with Crippen LogP contribution in [0.5, 0.6) is 0 Å². The standard InChI is InChI=1S/C4H3F5.C2H2F4.C2H4F2.2C2H5F.4CH2F2.2CH3F/c5-2-1-3(6)4(7,8)9;3-1-2(4,5)6;3-1-2-4;2*1-2-3;4*2-1-3;2*1-2/h1H,2H2;1H2;1-2H2;2*2H2,1H3;4*1H2;2*1H3/b3-1-;;;;;;;;;;. The average Bonchev–Trinajstić information content (AvgIpc) is 2.89. The van der Waals surface area contributed by atoms with Gasteiger partial charge in [-0.05, 0) is 19.9 Å². The molecule has 0 aromatic carbocycles. The van der Waals surface area contributed by atoms with Crippen LogP contribution in [0.2, 0.25) is 0 Å². The van der Waals surface area contributed by atoms with Gasteiger partial charge in [0, 0.05) is 0 Å².